The maximum absolute atomic E-state index is 2.44. The summed E-state index contributed by atoms with van der Waals surface area (Å²) in [6.07, 6.45) is 0. The van der Waals surface area contributed by atoms with Crippen molar-refractivity contribution in [2.45, 2.75) is 33.1 Å². The molecule has 0 N–H and O–H groups in total. The van der Waals surface area contributed by atoms with Crippen LogP contribution in [0.15, 0.2) is 231 Å². The fraction of sp³-hybridized carbons (Fsp3) is 0.0769. The Hall–Kier alpha value is -8.20. The molecule has 0 bridgehead atoms. The largest absolute Gasteiger partial charge is 0.310 e. The maximum atomic E-state index is 2.44. The van der Waals surface area contributed by atoms with Crippen LogP contribution < -0.4 is 4.90 Å². The number of para-hydroxylation sites is 3. The van der Waals surface area contributed by atoms with Crippen molar-refractivity contribution in [2.75, 3.05) is 4.90 Å². The van der Waals surface area contributed by atoms with E-state index in [1.165, 1.54) is 105 Å². The first-order chi connectivity index (χ1) is 32.8. The molecule has 2 heteroatoms. The minimum atomic E-state index is -0.105. The van der Waals surface area contributed by atoms with Gasteiger partial charge in [-0.15, -0.1) is 0 Å². The molecule has 1 aliphatic carbocycles. The van der Waals surface area contributed by atoms with E-state index in [0.717, 1.165) is 17.1 Å². The Morgan fingerprint density at radius 1 is 0.328 bits per heavy atom. The zero-order chi connectivity index (χ0) is 45.2. The molecule has 0 atom stereocenters. The van der Waals surface area contributed by atoms with E-state index in [2.05, 4.69) is 268 Å². The van der Waals surface area contributed by atoms with Gasteiger partial charge in [-0.2, -0.15) is 0 Å². The molecule has 10 aromatic carbocycles. The Morgan fingerprint density at radius 3 is 1.61 bits per heavy atom. The average molecular weight is 859 g/mol. The van der Waals surface area contributed by atoms with Gasteiger partial charge >= 0.3 is 0 Å². The molecule has 0 saturated heterocycles. The molecule has 0 spiro atoms. The molecule has 1 heterocycles. The zero-order valence-corrected chi connectivity index (χ0v) is 38.3. The van der Waals surface area contributed by atoms with Crippen molar-refractivity contribution in [2.24, 2.45) is 0 Å². The molecule has 67 heavy (non-hydrogen) atoms. The lowest BCUT2D eigenvalue weighted by atomic mass is 9.81. The minimum absolute atomic E-state index is 0.105. The second-order valence-electron chi connectivity index (χ2n) is 18.7. The average Bonchev–Trinajstić information content (AvgIpc) is 3.82. The van der Waals surface area contributed by atoms with Gasteiger partial charge in [0.05, 0.1) is 11.0 Å². The summed E-state index contributed by atoms with van der Waals surface area (Å²) < 4.78 is 2.38. The Balaban J connectivity index is 0.992. The number of hydrogen-bond donors (Lipinski definition) is 0. The van der Waals surface area contributed by atoms with Gasteiger partial charge in [-0.25, -0.2) is 0 Å². The SMILES string of the molecule is Cc1ccccc1-c1ccc(-c2cc(-c3ccc4c(c3)C(C)(C)c3ccccc3-4)cc(N(c3ccccc3)c3ccc(-c4ccc5c(c4)c4ccccc4n5-c4ccccc4)cc3)c2)cc1C. The molecule has 12 rings (SSSR count). The molecule has 320 valence electrons. The van der Waals surface area contributed by atoms with Crippen LogP contribution in [-0.4, -0.2) is 4.57 Å². The van der Waals surface area contributed by atoms with Gasteiger partial charge in [-0.1, -0.05) is 166 Å². The summed E-state index contributed by atoms with van der Waals surface area (Å²) in [5.41, 5.74) is 24.4. The van der Waals surface area contributed by atoms with Crippen LogP contribution in [0, 0.1) is 13.8 Å². The molecular weight excluding hydrogens is 809 g/mol. The lowest BCUT2D eigenvalue weighted by Gasteiger charge is -2.27. The lowest BCUT2D eigenvalue weighted by Crippen LogP contribution is -2.14. The summed E-state index contributed by atoms with van der Waals surface area (Å²) in [5.74, 6) is 0. The van der Waals surface area contributed by atoms with E-state index in [1.54, 1.807) is 0 Å². The Kier molecular flexibility index (Phi) is 9.66. The van der Waals surface area contributed by atoms with E-state index in [9.17, 15) is 0 Å². The molecule has 0 amide bonds. The number of benzene rings is 10. The molecule has 0 aliphatic heterocycles. The van der Waals surface area contributed by atoms with Crippen LogP contribution >= 0.6 is 0 Å². The molecule has 11 aromatic rings. The Labute approximate surface area is 393 Å². The fourth-order valence-electron chi connectivity index (χ4n) is 10.8. The Morgan fingerprint density at radius 2 is 0.866 bits per heavy atom. The molecule has 1 aromatic heterocycles. The highest BCUT2D eigenvalue weighted by molar-refractivity contribution is 6.10. The number of anilines is 3. The first kappa shape index (κ1) is 40.3. The monoisotopic (exact) mass is 858 g/mol. The second kappa shape index (κ2) is 16.0. The molecule has 0 saturated carbocycles. The van der Waals surface area contributed by atoms with Crippen molar-refractivity contribution in [3.63, 3.8) is 0 Å². The number of nitrogens with zero attached hydrogens (tertiary/aromatic N) is 2. The fourth-order valence-corrected chi connectivity index (χ4v) is 10.8. The predicted octanol–water partition coefficient (Wildman–Crippen LogP) is 17.8. The molecular formula is C65H50N2. The summed E-state index contributed by atoms with van der Waals surface area (Å²) >= 11 is 0. The molecule has 0 radical (unpaired) electrons. The smallest absolute Gasteiger partial charge is 0.0541 e. The molecule has 1 aliphatic rings. The van der Waals surface area contributed by atoms with Crippen LogP contribution in [0.25, 0.3) is 83.1 Å². The van der Waals surface area contributed by atoms with E-state index in [4.69, 9.17) is 0 Å². The predicted molar refractivity (Wildman–Crippen MR) is 284 cm³/mol. The van der Waals surface area contributed by atoms with Crippen molar-refractivity contribution < 1.29 is 0 Å². The van der Waals surface area contributed by atoms with E-state index < -0.39 is 0 Å². The van der Waals surface area contributed by atoms with Crippen LogP contribution in [0.5, 0.6) is 0 Å². The van der Waals surface area contributed by atoms with E-state index in [-0.39, 0.29) is 5.41 Å². The van der Waals surface area contributed by atoms with Gasteiger partial charge in [-0.05, 0) is 171 Å². The summed E-state index contributed by atoms with van der Waals surface area (Å²) in [5, 5.41) is 2.50. The van der Waals surface area contributed by atoms with Crippen LogP contribution in [0.3, 0.4) is 0 Å². The number of hydrogen-bond acceptors (Lipinski definition) is 1. The van der Waals surface area contributed by atoms with E-state index in [1.807, 2.05) is 0 Å². The van der Waals surface area contributed by atoms with Crippen LogP contribution in [0.4, 0.5) is 17.1 Å². The number of aromatic nitrogens is 1. The van der Waals surface area contributed by atoms with Crippen LogP contribution in [-0.2, 0) is 5.41 Å². The van der Waals surface area contributed by atoms with Gasteiger partial charge in [0.25, 0.3) is 0 Å². The van der Waals surface area contributed by atoms with Gasteiger partial charge in [0.2, 0.25) is 0 Å². The van der Waals surface area contributed by atoms with E-state index >= 15 is 0 Å². The van der Waals surface area contributed by atoms with Gasteiger partial charge in [0.1, 0.15) is 0 Å². The first-order valence-corrected chi connectivity index (χ1v) is 23.4. The highest BCUT2D eigenvalue weighted by Crippen LogP contribution is 2.50. The standard InChI is InChI=1S/C65H50N2/c1-43-17-11-12-22-55(43)56-34-29-46(37-44(56)2)49-38-50(48-30-35-58-57-23-13-15-25-61(57)65(3,4)62(58)42-48)40-54(39-49)66(51-18-7-5-8-19-51)53-32-27-45(28-33-53)47-31-36-64-60(41-47)59-24-14-16-26-63(59)67(64)52-20-9-6-10-21-52/h5-42H,1-4H3. The molecule has 0 fully saturated rings. The summed E-state index contributed by atoms with van der Waals surface area (Å²) in [6.45, 7) is 9.17. The van der Waals surface area contributed by atoms with E-state index in [0.29, 0.717) is 0 Å². The summed E-state index contributed by atoms with van der Waals surface area (Å²) in [6, 6.07) is 85.0. The molecule has 2 nitrogen and oxygen atoms in total. The van der Waals surface area contributed by atoms with Crippen LogP contribution in [0.2, 0.25) is 0 Å². The summed E-state index contributed by atoms with van der Waals surface area (Å²) in [4.78, 5) is 2.41. The summed E-state index contributed by atoms with van der Waals surface area (Å²) in [7, 11) is 0. The number of aryl methyl sites for hydroxylation is 2. The number of rotatable bonds is 8. The van der Waals surface area contributed by atoms with Gasteiger partial charge in [-0.3, -0.25) is 0 Å². The number of fused-ring (bicyclic) bond motifs is 6. The third kappa shape index (κ3) is 6.87. The third-order valence-corrected chi connectivity index (χ3v) is 14.2. The van der Waals surface area contributed by atoms with Gasteiger partial charge < -0.3 is 9.47 Å². The lowest BCUT2D eigenvalue weighted by molar-refractivity contribution is 0.660. The van der Waals surface area contributed by atoms with Crippen molar-refractivity contribution >= 4 is 38.9 Å². The highest BCUT2D eigenvalue weighted by Gasteiger charge is 2.35. The normalized spacial score (nSPS) is 12.6. The topological polar surface area (TPSA) is 8.17 Å². The second-order valence-corrected chi connectivity index (χ2v) is 18.7. The zero-order valence-electron chi connectivity index (χ0n) is 38.3. The van der Waals surface area contributed by atoms with Crippen LogP contribution in [0.1, 0.15) is 36.1 Å². The van der Waals surface area contributed by atoms with Crippen molar-refractivity contribution in [3.05, 3.63) is 253 Å². The van der Waals surface area contributed by atoms with Gasteiger partial charge in [0, 0.05) is 38.9 Å². The van der Waals surface area contributed by atoms with Gasteiger partial charge in [0.15, 0.2) is 0 Å². The van der Waals surface area contributed by atoms with Crippen molar-refractivity contribution in [3.8, 4) is 61.3 Å². The molecule has 0 unspecified atom stereocenters. The minimum Gasteiger partial charge on any atom is -0.310 e. The quantitative estimate of drug-likeness (QED) is 0.148. The Bertz CT molecular complexity index is 3670. The van der Waals surface area contributed by atoms with Crippen molar-refractivity contribution in [1.29, 1.82) is 0 Å². The third-order valence-electron chi connectivity index (χ3n) is 14.2. The highest BCUT2D eigenvalue weighted by atomic mass is 15.1. The van der Waals surface area contributed by atoms with Crippen molar-refractivity contribution in [1.82, 2.24) is 4.57 Å². The first-order valence-electron chi connectivity index (χ1n) is 23.4. The maximum Gasteiger partial charge on any atom is 0.0541 e.